The van der Waals surface area contributed by atoms with E-state index in [0.717, 1.165) is 11.1 Å². The standard InChI is InChI=1S/C26H20N2O5/c1-16-6-10-18(11-7-16)27-26(30)25-24(19-4-2-3-5-20(19)33-25)28-23(29)13-9-17-8-12-21-22(14-17)32-15-31-21/h2-14H,15H2,1H3,(H,27,30)(H,28,29)/b13-9+. The first-order valence-corrected chi connectivity index (χ1v) is 10.3. The van der Waals surface area contributed by atoms with Crippen molar-refractivity contribution in [2.24, 2.45) is 0 Å². The van der Waals surface area contributed by atoms with Crippen molar-refractivity contribution in [2.75, 3.05) is 17.4 Å². The maximum absolute atomic E-state index is 13.0. The van der Waals surface area contributed by atoms with Gasteiger partial charge in [-0.05, 0) is 55.0 Å². The minimum atomic E-state index is -0.454. The molecule has 2 amide bonds. The van der Waals surface area contributed by atoms with E-state index in [1.165, 1.54) is 6.08 Å². The fourth-order valence-corrected chi connectivity index (χ4v) is 3.51. The first kappa shape index (κ1) is 20.4. The maximum atomic E-state index is 13.0. The van der Waals surface area contributed by atoms with Gasteiger partial charge in [0.1, 0.15) is 11.3 Å². The highest BCUT2D eigenvalue weighted by molar-refractivity contribution is 6.16. The van der Waals surface area contributed by atoms with Gasteiger partial charge in [-0.1, -0.05) is 35.9 Å². The van der Waals surface area contributed by atoms with E-state index < -0.39 is 11.8 Å². The molecule has 0 unspecified atom stereocenters. The SMILES string of the molecule is Cc1ccc(NC(=O)c2oc3ccccc3c2NC(=O)/C=C/c2ccc3c(c2)OCO3)cc1. The van der Waals surface area contributed by atoms with Gasteiger partial charge in [0.2, 0.25) is 18.5 Å². The molecule has 2 N–H and O–H groups in total. The van der Waals surface area contributed by atoms with E-state index in [2.05, 4.69) is 10.6 Å². The number of nitrogens with one attached hydrogen (secondary N) is 2. The van der Waals surface area contributed by atoms with Crippen molar-refractivity contribution in [3.8, 4) is 11.5 Å². The molecule has 164 valence electrons. The highest BCUT2D eigenvalue weighted by Crippen LogP contribution is 2.33. The number of benzene rings is 3. The number of amides is 2. The number of carbonyl (C=O) groups excluding carboxylic acids is 2. The molecule has 0 aliphatic carbocycles. The molecule has 0 spiro atoms. The summed E-state index contributed by atoms with van der Waals surface area (Å²) in [5, 5.41) is 6.25. The van der Waals surface area contributed by atoms with Crippen LogP contribution in [0.3, 0.4) is 0 Å². The van der Waals surface area contributed by atoms with E-state index in [0.29, 0.717) is 33.8 Å². The van der Waals surface area contributed by atoms with Gasteiger partial charge in [-0.3, -0.25) is 9.59 Å². The molecular formula is C26H20N2O5. The number of furan rings is 1. The smallest absolute Gasteiger partial charge is 0.293 e. The third-order valence-corrected chi connectivity index (χ3v) is 5.18. The first-order chi connectivity index (χ1) is 16.1. The Labute approximate surface area is 189 Å². The van der Waals surface area contributed by atoms with Crippen LogP contribution < -0.4 is 20.1 Å². The number of ether oxygens (including phenoxy) is 2. The predicted molar refractivity (Wildman–Crippen MR) is 126 cm³/mol. The minimum absolute atomic E-state index is 0.0293. The van der Waals surface area contributed by atoms with Gasteiger partial charge in [-0.2, -0.15) is 0 Å². The Morgan fingerprint density at radius 2 is 1.70 bits per heavy atom. The fraction of sp³-hybridized carbons (Fsp3) is 0.0769. The summed E-state index contributed by atoms with van der Waals surface area (Å²) in [7, 11) is 0. The second-order valence-electron chi connectivity index (χ2n) is 7.56. The zero-order valence-electron chi connectivity index (χ0n) is 17.8. The molecule has 4 aromatic rings. The van der Waals surface area contributed by atoms with Gasteiger partial charge < -0.3 is 24.5 Å². The molecule has 1 aliphatic heterocycles. The van der Waals surface area contributed by atoms with Crippen LogP contribution in [0.5, 0.6) is 11.5 Å². The van der Waals surface area contributed by atoms with Crippen molar-refractivity contribution in [1.29, 1.82) is 0 Å². The van der Waals surface area contributed by atoms with E-state index in [-0.39, 0.29) is 12.6 Å². The molecule has 3 aromatic carbocycles. The molecule has 7 heteroatoms. The summed E-state index contributed by atoms with van der Waals surface area (Å²) >= 11 is 0. The van der Waals surface area contributed by atoms with Gasteiger partial charge >= 0.3 is 0 Å². The summed E-state index contributed by atoms with van der Waals surface area (Å²) in [6.07, 6.45) is 3.05. The van der Waals surface area contributed by atoms with Crippen LogP contribution in [0.4, 0.5) is 11.4 Å². The lowest BCUT2D eigenvalue weighted by molar-refractivity contribution is -0.111. The van der Waals surface area contributed by atoms with Gasteiger partial charge in [0.05, 0.1) is 0 Å². The largest absolute Gasteiger partial charge is 0.454 e. The van der Waals surface area contributed by atoms with E-state index in [1.54, 1.807) is 36.4 Å². The molecule has 0 saturated heterocycles. The zero-order chi connectivity index (χ0) is 22.8. The second-order valence-corrected chi connectivity index (χ2v) is 7.56. The molecule has 0 fully saturated rings. The van der Waals surface area contributed by atoms with Gasteiger partial charge in [0.25, 0.3) is 5.91 Å². The Balaban J connectivity index is 1.39. The van der Waals surface area contributed by atoms with Gasteiger partial charge in [-0.25, -0.2) is 0 Å². The summed E-state index contributed by atoms with van der Waals surface area (Å²) in [6.45, 7) is 2.15. The van der Waals surface area contributed by atoms with Crippen molar-refractivity contribution >= 4 is 40.2 Å². The number of para-hydroxylation sites is 1. The number of hydrogen-bond donors (Lipinski definition) is 2. The monoisotopic (exact) mass is 440 g/mol. The number of fused-ring (bicyclic) bond motifs is 2. The van der Waals surface area contributed by atoms with Crippen LogP contribution in [0.1, 0.15) is 21.7 Å². The average molecular weight is 440 g/mol. The number of aryl methyl sites for hydroxylation is 1. The van der Waals surface area contributed by atoms with Gasteiger partial charge in [0, 0.05) is 17.1 Å². The Morgan fingerprint density at radius 3 is 2.55 bits per heavy atom. The molecule has 1 aromatic heterocycles. The van der Waals surface area contributed by atoms with E-state index in [9.17, 15) is 9.59 Å². The molecule has 7 nitrogen and oxygen atoms in total. The predicted octanol–water partition coefficient (Wildman–Crippen LogP) is 5.37. The van der Waals surface area contributed by atoms with Crippen molar-refractivity contribution in [2.45, 2.75) is 6.92 Å². The van der Waals surface area contributed by atoms with E-state index in [4.69, 9.17) is 13.9 Å². The Bertz CT molecular complexity index is 1390. The van der Waals surface area contributed by atoms with Crippen molar-refractivity contribution < 1.29 is 23.5 Å². The van der Waals surface area contributed by atoms with E-state index >= 15 is 0 Å². The molecule has 0 bridgehead atoms. The summed E-state index contributed by atoms with van der Waals surface area (Å²) < 4.78 is 16.5. The average Bonchev–Trinajstić information content (AvgIpc) is 3.44. The second kappa shape index (κ2) is 8.55. The topological polar surface area (TPSA) is 89.8 Å². The van der Waals surface area contributed by atoms with Crippen LogP contribution >= 0.6 is 0 Å². The molecule has 5 rings (SSSR count). The number of hydrogen-bond acceptors (Lipinski definition) is 5. The summed E-state index contributed by atoms with van der Waals surface area (Å²) in [6, 6.07) is 20.0. The Morgan fingerprint density at radius 1 is 0.909 bits per heavy atom. The van der Waals surface area contributed by atoms with Crippen LogP contribution in [0, 0.1) is 6.92 Å². The van der Waals surface area contributed by atoms with Crippen molar-refractivity contribution in [3.05, 3.63) is 89.7 Å². The lowest BCUT2D eigenvalue weighted by atomic mass is 10.2. The summed E-state index contributed by atoms with van der Waals surface area (Å²) in [5.41, 5.74) is 3.31. The molecule has 0 atom stereocenters. The molecule has 1 aliphatic rings. The summed E-state index contributed by atoms with van der Waals surface area (Å²) in [5.74, 6) is 0.481. The maximum Gasteiger partial charge on any atom is 0.293 e. The quantitative estimate of drug-likeness (QED) is 0.407. The minimum Gasteiger partial charge on any atom is -0.454 e. The van der Waals surface area contributed by atoms with Crippen LogP contribution in [0.2, 0.25) is 0 Å². The molecule has 0 radical (unpaired) electrons. The third-order valence-electron chi connectivity index (χ3n) is 5.18. The van der Waals surface area contributed by atoms with Crippen molar-refractivity contribution in [3.63, 3.8) is 0 Å². The molecule has 0 saturated carbocycles. The normalized spacial score (nSPS) is 12.3. The Hall–Kier alpha value is -4.52. The fourth-order valence-electron chi connectivity index (χ4n) is 3.51. The number of rotatable bonds is 5. The number of carbonyl (C=O) groups is 2. The lowest BCUT2D eigenvalue weighted by Gasteiger charge is -2.06. The van der Waals surface area contributed by atoms with E-state index in [1.807, 2.05) is 43.3 Å². The summed E-state index contributed by atoms with van der Waals surface area (Å²) in [4.78, 5) is 25.7. The number of anilines is 2. The van der Waals surface area contributed by atoms with Gasteiger partial charge in [-0.15, -0.1) is 0 Å². The molecular weight excluding hydrogens is 420 g/mol. The molecule has 33 heavy (non-hydrogen) atoms. The third kappa shape index (κ3) is 4.29. The van der Waals surface area contributed by atoms with Crippen LogP contribution in [-0.2, 0) is 4.79 Å². The highest BCUT2D eigenvalue weighted by atomic mass is 16.7. The zero-order valence-corrected chi connectivity index (χ0v) is 17.8. The van der Waals surface area contributed by atoms with Crippen molar-refractivity contribution in [1.82, 2.24) is 0 Å². The van der Waals surface area contributed by atoms with Crippen LogP contribution in [0.25, 0.3) is 17.0 Å². The van der Waals surface area contributed by atoms with Crippen LogP contribution in [0.15, 0.2) is 77.2 Å². The van der Waals surface area contributed by atoms with Gasteiger partial charge in [0.15, 0.2) is 11.5 Å². The first-order valence-electron chi connectivity index (χ1n) is 10.3. The lowest BCUT2D eigenvalue weighted by Crippen LogP contribution is -2.15. The van der Waals surface area contributed by atoms with Crippen LogP contribution in [-0.4, -0.2) is 18.6 Å². The highest BCUT2D eigenvalue weighted by Gasteiger charge is 2.22. The Kier molecular flexibility index (Phi) is 5.28. The molecule has 2 heterocycles.